The van der Waals surface area contributed by atoms with E-state index >= 15 is 0 Å². The van der Waals surface area contributed by atoms with Crippen molar-refractivity contribution in [1.82, 2.24) is 14.9 Å². The molecule has 2 aromatic heterocycles. The monoisotopic (exact) mass is 249 g/mol. The molecular weight excluding hydrogens is 230 g/mol. The Morgan fingerprint density at radius 2 is 2.22 bits per heavy atom. The molecule has 2 aromatic rings. The maximum absolute atomic E-state index is 11.7. The second-order valence-corrected chi connectivity index (χ2v) is 4.97. The molecule has 0 spiro atoms. The number of oxazole rings is 1. The van der Waals surface area contributed by atoms with Gasteiger partial charge in [-0.1, -0.05) is 20.8 Å². The number of hydrogen-bond acceptors (Lipinski definition) is 4. The Labute approximate surface area is 106 Å². The van der Waals surface area contributed by atoms with E-state index in [1.807, 2.05) is 0 Å². The van der Waals surface area contributed by atoms with E-state index in [0.717, 1.165) is 6.54 Å². The molecule has 0 amide bonds. The Balaban J connectivity index is 2.16. The highest BCUT2D eigenvalue weighted by Crippen LogP contribution is 2.10. The van der Waals surface area contributed by atoms with Crippen LogP contribution in [0.4, 0.5) is 0 Å². The molecule has 0 saturated heterocycles. The van der Waals surface area contributed by atoms with E-state index in [9.17, 15) is 4.79 Å². The van der Waals surface area contributed by atoms with Gasteiger partial charge in [0.1, 0.15) is 0 Å². The molecular formula is C13H19N3O2. The Morgan fingerprint density at radius 3 is 2.94 bits per heavy atom. The lowest BCUT2D eigenvalue weighted by molar-refractivity contribution is 0.404. The Kier molecular flexibility index (Phi) is 3.81. The molecule has 1 atom stereocenters. The normalized spacial score (nSPS) is 13.3. The Morgan fingerprint density at radius 1 is 1.44 bits per heavy atom. The molecule has 98 valence electrons. The number of fused-ring (bicyclic) bond motifs is 1. The lowest BCUT2D eigenvalue weighted by atomic mass is 10.1. The Hall–Kier alpha value is -1.62. The van der Waals surface area contributed by atoms with Crippen LogP contribution < -0.4 is 11.1 Å². The molecule has 0 fully saturated rings. The zero-order valence-corrected chi connectivity index (χ0v) is 11.0. The summed E-state index contributed by atoms with van der Waals surface area (Å²) in [6.45, 7) is 7.79. The van der Waals surface area contributed by atoms with Crippen LogP contribution in [0.5, 0.6) is 0 Å². The highest BCUT2D eigenvalue weighted by atomic mass is 16.4. The zero-order valence-electron chi connectivity index (χ0n) is 11.0. The molecule has 0 bridgehead atoms. The minimum Gasteiger partial charge on any atom is -0.406 e. The highest BCUT2D eigenvalue weighted by molar-refractivity contribution is 5.67. The van der Waals surface area contributed by atoms with Gasteiger partial charge in [0.25, 0.3) is 0 Å². The quantitative estimate of drug-likeness (QED) is 0.874. The highest BCUT2D eigenvalue weighted by Gasteiger charge is 2.12. The predicted octanol–water partition coefficient (Wildman–Crippen LogP) is 1.62. The van der Waals surface area contributed by atoms with Crippen molar-refractivity contribution in [2.24, 2.45) is 5.92 Å². The van der Waals surface area contributed by atoms with Gasteiger partial charge in [0.2, 0.25) is 0 Å². The molecule has 18 heavy (non-hydrogen) atoms. The van der Waals surface area contributed by atoms with Crippen LogP contribution in [0.3, 0.4) is 0 Å². The van der Waals surface area contributed by atoms with Gasteiger partial charge in [-0.05, 0) is 24.6 Å². The van der Waals surface area contributed by atoms with Gasteiger partial charge in [-0.25, -0.2) is 9.78 Å². The van der Waals surface area contributed by atoms with Crippen molar-refractivity contribution in [3.63, 3.8) is 0 Å². The van der Waals surface area contributed by atoms with Crippen LogP contribution in [0.1, 0.15) is 20.8 Å². The van der Waals surface area contributed by atoms with Gasteiger partial charge >= 0.3 is 5.76 Å². The lowest BCUT2D eigenvalue weighted by Gasteiger charge is -2.14. The smallest absolute Gasteiger partial charge is 0.406 e. The number of pyridine rings is 1. The van der Waals surface area contributed by atoms with Gasteiger partial charge in [0.05, 0.1) is 0 Å². The van der Waals surface area contributed by atoms with Crippen molar-refractivity contribution >= 4 is 11.2 Å². The molecule has 0 aliphatic rings. The van der Waals surface area contributed by atoms with Crippen molar-refractivity contribution in [2.45, 2.75) is 33.4 Å². The molecule has 0 aromatic carbocycles. The first-order valence-corrected chi connectivity index (χ1v) is 6.25. The van der Waals surface area contributed by atoms with Gasteiger partial charge in [0.15, 0.2) is 11.2 Å². The van der Waals surface area contributed by atoms with Gasteiger partial charge < -0.3 is 9.73 Å². The average molecular weight is 249 g/mol. The SMILES string of the molecule is CC(CNC(C)C)Cn1c(=O)oc2cccnc21. The molecule has 0 saturated carbocycles. The minimum absolute atomic E-state index is 0.333. The fraction of sp³-hybridized carbons (Fsp3) is 0.538. The van der Waals surface area contributed by atoms with Crippen LogP contribution in [0.15, 0.2) is 27.5 Å². The number of nitrogens with one attached hydrogen (secondary N) is 1. The number of rotatable bonds is 5. The third-order valence-corrected chi connectivity index (χ3v) is 2.79. The number of hydrogen-bond donors (Lipinski definition) is 1. The van der Waals surface area contributed by atoms with Crippen molar-refractivity contribution in [3.05, 3.63) is 28.9 Å². The van der Waals surface area contributed by atoms with Crippen LogP contribution in [0, 0.1) is 5.92 Å². The third kappa shape index (κ3) is 2.79. The van der Waals surface area contributed by atoms with Crippen LogP contribution in [-0.4, -0.2) is 22.1 Å². The first kappa shape index (κ1) is 12.8. The Bertz CT molecular complexity index is 571. The predicted molar refractivity (Wildman–Crippen MR) is 70.6 cm³/mol. The van der Waals surface area contributed by atoms with Crippen molar-refractivity contribution in [1.29, 1.82) is 0 Å². The fourth-order valence-corrected chi connectivity index (χ4v) is 1.87. The first-order valence-electron chi connectivity index (χ1n) is 6.25. The second kappa shape index (κ2) is 5.35. The van der Waals surface area contributed by atoms with E-state index in [2.05, 4.69) is 31.1 Å². The molecule has 5 heteroatoms. The molecule has 0 aliphatic carbocycles. The maximum Gasteiger partial charge on any atom is 0.421 e. The van der Waals surface area contributed by atoms with E-state index in [0.29, 0.717) is 29.7 Å². The third-order valence-electron chi connectivity index (χ3n) is 2.79. The van der Waals surface area contributed by atoms with Crippen LogP contribution in [-0.2, 0) is 6.54 Å². The second-order valence-electron chi connectivity index (χ2n) is 4.97. The maximum atomic E-state index is 11.7. The summed E-state index contributed by atoms with van der Waals surface area (Å²) in [7, 11) is 0. The summed E-state index contributed by atoms with van der Waals surface area (Å²) in [5.41, 5.74) is 1.17. The summed E-state index contributed by atoms with van der Waals surface area (Å²) in [5, 5.41) is 3.36. The number of aromatic nitrogens is 2. The van der Waals surface area contributed by atoms with E-state index < -0.39 is 0 Å². The molecule has 2 rings (SSSR count). The van der Waals surface area contributed by atoms with E-state index in [1.165, 1.54) is 0 Å². The van der Waals surface area contributed by atoms with Gasteiger partial charge in [-0.15, -0.1) is 0 Å². The van der Waals surface area contributed by atoms with Gasteiger partial charge in [0, 0.05) is 18.8 Å². The summed E-state index contributed by atoms with van der Waals surface area (Å²) < 4.78 is 6.75. The zero-order chi connectivity index (χ0) is 13.1. The molecule has 2 heterocycles. The van der Waals surface area contributed by atoms with Crippen molar-refractivity contribution < 1.29 is 4.42 Å². The van der Waals surface area contributed by atoms with Gasteiger partial charge in [-0.3, -0.25) is 4.57 Å². The summed E-state index contributed by atoms with van der Waals surface area (Å²) in [6.07, 6.45) is 1.67. The topological polar surface area (TPSA) is 60.1 Å². The van der Waals surface area contributed by atoms with E-state index in [1.54, 1.807) is 22.9 Å². The summed E-state index contributed by atoms with van der Waals surface area (Å²) in [4.78, 5) is 15.9. The van der Waals surface area contributed by atoms with E-state index in [-0.39, 0.29) is 5.76 Å². The molecule has 5 nitrogen and oxygen atoms in total. The summed E-state index contributed by atoms with van der Waals surface area (Å²) in [6, 6.07) is 3.97. The summed E-state index contributed by atoms with van der Waals surface area (Å²) in [5.74, 6) is 0.00741. The van der Waals surface area contributed by atoms with Crippen LogP contribution in [0.2, 0.25) is 0 Å². The molecule has 0 radical (unpaired) electrons. The standard InChI is InChI=1S/C13H19N3O2/c1-9(2)15-7-10(3)8-16-12-11(18-13(16)17)5-4-6-14-12/h4-6,9-10,15H,7-8H2,1-3H3. The van der Waals surface area contributed by atoms with Gasteiger partial charge in [-0.2, -0.15) is 0 Å². The van der Waals surface area contributed by atoms with E-state index in [4.69, 9.17) is 4.42 Å². The first-order chi connectivity index (χ1) is 8.58. The molecule has 0 aliphatic heterocycles. The fourth-order valence-electron chi connectivity index (χ4n) is 1.87. The summed E-state index contributed by atoms with van der Waals surface area (Å²) >= 11 is 0. The molecule has 1 unspecified atom stereocenters. The van der Waals surface area contributed by atoms with Crippen molar-refractivity contribution in [3.8, 4) is 0 Å². The average Bonchev–Trinajstić information content (AvgIpc) is 2.64. The lowest BCUT2D eigenvalue weighted by Crippen LogP contribution is -2.31. The van der Waals surface area contributed by atoms with Crippen LogP contribution >= 0.6 is 0 Å². The van der Waals surface area contributed by atoms with Crippen LogP contribution in [0.25, 0.3) is 11.2 Å². The minimum atomic E-state index is -0.333. The molecule has 1 N–H and O–H groups in total. The van der Waals surface area contributed by atoms with Crippen molar-refractivity contribution in [2.75, 3.05) is 6.54 Å². The largest absolute Gasteiger partial charge is 0.421 e. The number of nitrogens with zero attached hydrogens (tertiary/aromatic N) is 2.